The van der Waals surface area contributed by atoms with E-state index in [1.54, 1.807) is 26.4 Å². The van der Waals surface area contributed by atoms with E-state index in [9.17, 15) is 9.59 Å². The number of hydrogen-bond donors (Lipinski definition) is 1. The monoisotopic (exact) mass is 581 g/mol. The van der Waals surface area contributed by atoms with Gasteiger partial charge in [-0.25, -0.2) is 9.67 Å². The van der Waals surface area contributed by atoms with Crippen LogP contribution in [0.25, 0.3) is 16.9 Å². The van der Waals surface area contributed by atoms with Crippen LogP contribution in [0.4, 0.5) is 0 Å². The zero-order chi connectivity index (χ0) is 30.3. The minimum absolute atomic E-state index is 0.171. The molecule has 2 aromatic heterocycles. The van der Waals surface area contributed by atoms with Gasteiger partial charge < -0.3 is 19.7 Å². The van der Waals surface area contributed by atoms with E-state index in [4.69, 9.17) is 14.6 Å². The number of Topliss-reactive ketones (excluding diaryl/α,β-unsaturated/α-hetero) is 1. The molecule has 0 aliphatic carbocycles. The summed E-state index contributed by atoms with van der Waals surface area (Å²) in [5, 5.41) is 7.60. The highest BCUT2D eigenvalue weighted by molar-refractivity contribution is 5.97. The molecule has 43 heavy (non-hydrogen) atoms. The highest BCUT2D eigenvalue weighted by Gasteiger charge is 2.35. The van der Waals surface area contributed by atoms with Crippen LogP contribution in [0.15, 0.2) is 72.9 Å². The second-order valence-corrected chi connectivity index (χ2v) is 11.0. The normalized spacial score (nSPS) is 16.7. The van der Waals surface area contributed by atoms with Gasteiger partial charge in [-0.15, -0.1) is 0 Å². The molecule has 4 aromatic rings. The van der Waals surface area contributed by atoms with Crippen molar-refractivity contribution < 1.29 is 19.1 Å². The average molecular weight is 582 g/mol. The number of hydrogen-bond acceptors (Lipinski definition) is 7. The molecule has 0 spiro atoms. The van der Waals surface area contributed by atoms with Crippen LogP contribution in [-0.4, -0.2) is 78.9 Å². The fourth-order valence-corrected chi connectivity index (χ4v) is 6.04. The first-order chi connectivity index (χ1) is 20.9. The van der Waals surface area contributed by atoms with Crippen LogP contribution in [0.5, 0.6) is 5.88 Å². The molecule has 1 aliphatic heterocycles. The summed E-state index contributed by atoms with van der Waals surface area (Å²) in [7, 11) is 4.77. The van der Waals surface area contributed by atoms with Crippen LogP contribution in [-0.2, 0) is 16.0 Å². The lowest BCUT2D eigenvalue weighted by Gasteiger charge is -2.18. The van der Waals surface area contributed by atoms with Crippen LogP contribution in [0.1, 0.15) is 39.5 Å². The number of likely N-dealkylation sites (tertiary alicyclic amines) is 1. The van der Waals surface area contributed by atoms with Crippen LogP contribution in [0.3, 0.4) is 0 Å². The van der Waals surface area contributed by atoms with Gasteiger partial charge in [0.15, 0.2) is 0 Å². The van der Waals surface area contributed by atoms with Crippen molar-refractivity contribution in [1.82, 2.24) is 25.0 Å². The Morgan fingerprint density at radius 2 is 1.74 bits per heavy atom. The van der Waals surface area contributed by atoms with Gasteiger partial charge >= 0.3 is 0 Å². The third-order valence-electron chi connectivity index (χ3n) is 8.24. The number of carbonyl (C=O) groups excluding carboxylic acids is 2. The highest BCUT2D eigenvalue weighted by atomic mass is 16.5. The Morgan fingerprint density at radius 1 is 1.02 bits per heavy atom. The molecule has 1 saturated heterocycles. The predicted molar refractivity (Wildman–Crippen MR) is 166 cm³/mol. The van der Waals surface area contributed by atoms with Crippen molar-refractivity contribution >= 4 is 11.7 Å². The Labute approximate surface area is 252 Å². The molecule has 2 atom stereocenters. The number of ketones is 1. The number of aromatic nitrogens is 3. The van der Waals surface area contributed by atoms with E-state index >= 15 is 0 Å². The van der Waals surface area contributed by atoms with Crippen LogP contribution in [0.2, 0.25) is 0 Å². The van der Waals surface area contributed by atoms with Gasteiger partial charge in [0, 0.05) is 64.3 Å². The molecular formula is C34H39N5O4. The lowest BCUT2D eigenvalue weighted by molar-refractivity contribution is -0.119. The van der Waals surface area contributed by atoms with Gasteiger partial charge in [0.05, 0.1) is 30.8 Å². The molecule has 1 amide bonds. The summed E-state index contributed by atoms with van der Waals surface area (Å²) in [6.45, 7) is 5.26. The Bertz CT molecular complexity index is 1550. The SMILES string of the molecule is CNC(=O)c1cc(-c2nn(-c3ccccc3)c(CC(=O)C[C@@H]3CN(CCOC)C[C@H]3c3ccccc3)c2C)cnc1OC. The number of amides is 1. The van der Waals surface area contributed by atoms with Gasteiger partial charge in [0.2, 0.25) is 5.88 Å². The van der Waals surface area contributed by atoms with Gasteiger partial charge in [0.1, 0.15) is 11.3 Å². The molecule has 5 rings (SSSR count). The lowest BCUT2D eigenvalue weighted by Crippen LogP contribution is -2.25. The van der Waals surface area contributed by atoms with Crippen molar-refractivity contribution in [3.05, 3.63) is 95.3 Å². The van der Waals surface area contributed by atoms with E-state index in [1.165, 1.54) is 12.7 Å². The standard InChI is InChI=1S/C34H39N5O4/c1-23-31(19-28(40)17-26-21-38(15-16-42-3)22-30(26)24-11-7-5-8-12-24)39(27-13-9-6-10-14-27)37-32(23)25-18-29(33(41)35-2)34(43-4)36-20-25/h5-14,18,20,26,30H,15-17,19,21-22H2,1-4H3,(H,35,41)/t26-,30+/m1/s1. The Kier molecular flexibility index (Phi) is 9.64. The number of rotatable bonds is 12. The minimum Gasteiger partial charge on any atom is -0.480 e. The first-order valence-corrected chi connectivity index (χ1v) is 14.6. The van der Waals surface area contributed by atoms with E-state index < -0.39 is 0 Å². The molecule has 2 aromatic carbocycles. The summed E-state index contributed by atoms with van der Waals surface area (Å²) in [6, 6.07) is 22.0. The number of methoxy groups -OCH3 is 2. The molecule has 0 saturated carbocycles. The number of pyridine rings is 1. The van der Waals surface area contributed by atoms with Crippen molar-refractivity contribution in [2.24, 2.45) is 5.92 Å². The highest BCUT2D eigenvalue weighted by Crippen LogP contribution is 2.36. The molecule has 9 nitrogen and oxygen atoms in total. The molecule has 224 valence electrons. The number of ether oxygens (including phenoxy) is 2. The second kappa shape index (κ2) is 13.8. The van der Waals surface area contributed by atoms with Crippen LogP contribution < -0.4 is 10.1 Å². The molecule has 0 radical (unpaired) electrons. The molecule has 1 aliphatic rings. The largest absolute Gasteiger partial charge is 0.480 e. The van der Waals surface area contributed by atoms with Crippen molar-refractivity contribution in [2.45, 2.75) is 25.7 Å². The number of nitrogens with one attached hydrogen (secondary N) is 1. The molecule has 1 N–H and O–H groups in total. The van der Waals surface area contributed by atoms with E-state index in [1.807, 2.05) is 48.0 Å². The summed E-state index contributed by atoms with van der Waals surface area (Å²) in [5.74, 6) is 0.602. The molecular weight excluding hydrogens is 542 g/mol. The maximum absolute atomic E-state index is 13.8. The topological polar surface area (TPSA) is 98.6 Å². The third kappa shape index (κ3) is 6.68. The van der Waals surface area contributed by atoms with Crippen molar-refractivity contribution in [2.75, 3.05) is 47.5 Å². The first-order valence-electron chi connectivity index (χ1n) is 14.6. The number of nitrogens with zero attached hydrogens (tertiary/aromatic N) is 4. The molecule has 0 bridgehead atoms. The molecule has 3 heterocycles. The Morgan fingerprint density at radius 3 is 2.42 bits per heavy atom. The molecule has 9 heteroatoms. The van der Waals surface area contributed by atoms with Crippen LogP contribution in [0, 0.1) is 12.8 Å². The van der Waals surface area contributed by atoms with Gasteiger partial charge in [-0.1, -0.05) is 48.5 Å². The van der Waals surface area contributed by atoms with E-state index in [2.05, 4.69) is 39.5 Å². The van der Waals surface area contributed by atoms with Gasteiger partial charge in [-0.2, -0.15) is 5.10 Å². The zero-order valence-corrected chi connectivity index (χ0v) is 25.2. The lowest BCUT2D eigenvalue weighted by atomic mass is 9.85. The van der Waals surface area contributed by atoms with Crippen molar-refractivity contribution in [1.29, 1.82) is 0 Å². The van der Waals surface area contributed by atoms with Gasteiger partial charge in [0.25, 0.3) is 5.91 Å². The summed E-state index contributed by atoms with van der Waals surface area (Å²) in [6.07, 6.45) is 2.37. The summed E-state index contributed by atoms with van der Waals surface area (Å²) < 4.78 is 12.5. The van der Waals surface area contributed by atoms with E-state index in [-0.39, 0.29) is 35.8 Å². The summed E-state index contributed by atoms with van der Waals surface area (Å²) in [4.78, 5) is 33.2. The smallest absolute Gasteiger partial charge is 0.256 e. The van der Waals surface area contributed by atoms with Crippen molar-refractivity contribution in [3.63, 3.8) is 0 Å². The summed E-state index contributed by atoms with van der Waals surface area (Å²) >= 11 is 0. The molecule has 1 fully saturated rings. The van der Waals surface area contributed by atoms with Crippen molar-refractivity contribution in [3.8, 4) is 22.8 Å². The second-order valence-electron chi connectivity index (χ2n) is 11.0. The Balaban J connectivity index is 1.46. The van der Waals surface area contributed by atoms with Gasteiger partial charge in [-0.05, 0) is 42.2 Å². The zero-order valence-electron chi connectivity index (χ0n) is 25.2. The fourth-order valence-electron chi connectivity index (χ4n) is 6.04. The van der Waals surface area contributed by atoms with E-state index in [0.29, 0.717) is 29.8 Å². The van der Waals surface area contributed by atoms with E-state index in [0.717, 1.165) is 36.6 Å². The number of carbonyl (C=O) groups is 2. The Hall–Kier alpha value is -4.34. The average Bonchev–Trinajstić information content (AvgIpc) is 3.60. The maximum atomic E-state index is 13.8. The van der Waals surface area contributed by atoms with Crippen LogP contribution >= 0.6 is 0 Å². The third-order valence-corrected chi connectivity index (χ3v) is 8.24. The first kappa shape index (κ1) is 30.1. The number of para-hydroxylation sites is 1. The molecule has 0 unspecified atom stereocenters. The maximum Gasteiger partial charge on any atom is 0.256 e. The quantitative estimate of drug-likeness (QED) is 0.264. The van der Waals surface area contributed by atoms with Gasteiger partial charge in [-0.3, -0.25) is 9.59 Å². The fraction of sp³-hybridized carbons (Fsp3) is 0.353. The number of benzene rings is 2. The predicted octanol–water partition coefficient (Wildman–Crippen LogP) is 4.47. The summed E-state index contributed by atoms with van der Waals surface area (Å²) in [5.41, 5.74) is 5.50. The minimum atomic E-state index is -0.300.